The van der Waals surface area contributed by atoms with E-state index in [1.807, 2.05) is 30.0 Å². The van der Waals surface area contributed by atoms with Crippen molar-refractivity contribution in [3.05, 3.63) is 71.4 Å². The maximum absolute atomic E-state index is 4.46. The van der Waals surface area contributed by atoms with Crippen LogP contribution in [0.15, 0.2) is 60.2 Å². The first-order valence-corrected chi connectivity index (χ1v) is 7.82. The van der Waals surface area contributed by atoms with Gasteiger partial charge in [0.15, 0.2) is 0 Å². The van der Waals surface area contributed by atoms with Gasteiger partial charge in [-0.25, -0.2) is 4.52 Å². The van der Waals surface area contributed by atoms with Crippen LogP contribution in [0.4, 0.5) is 0 Å². The number of rotatable bonds is 3. The summed E-state index contributed by atoms with van der Waals surface area (Å²) >= 11 is 1.79. The van der Waals surface area contributed by atoms with Crippen LogP contribution in [-0.2, 0) is 0 Å². The molecule has 0 fully saturated rings. The van der Waals surface area contributed by atoms with Gasteiger partial charge in [-0.2, -0.15) is 5.10 Å². The Morgan fingerprint density at radius 2 is 2.05 bits per heavy atom. The van der Waals surface area contributed by atoms with Gasteiger partial charge in [-0.1, -0.05) is 24.3 Å². The highest BCUT2D eigenvalue weighted by atomic mass is 32.1. The van der Waals surface area contributed by atoms with Crippen molar-refractivity contribution in [1.29, 1.82) is 0 Å². The van der Waals surface area contributed by atoms with Crippen LogP contribution in [0.2, 0.25) is 0 Å². The number of fused-ring (bicyclic) bond motifs is 2. The molecule has 0 bridgehead atoms. The van der Waals surface area contributed by atoms with Gasteiger partial charge in [0.2, 0.25) is 0 Å². The molecule has 0 amide bonds. The number of benzene rings is 1. The molecule has 1 N–H and O–H groups in total. The number of pyridine rings is 1. The molecule has 104 valence electrons. The summed E-state index contributed by atoms with van der Waals surface area (Å²) in [6, 6.07) is 15.0. The van der Waals surface area contributed by atoms with Crippen LogP contribution >= 0.6 is 11.3 Å². The predicted octanol–water partition coefficient (Wildman–Crippen LogP) is 3.86. The standard InChI is InChI=1S/C17H15N3S/c1-18-16(13-6-4-5-12-8-10-21-17(12)13)14-11-19-20-9-3-2-7-15(14)20/h2-11,16,18H,1H3. The highest BCUT2D eigenvalue weighted by Crippen LogP contribution is 2.33. The Morgan fingerprint density at radius 3 is 2.95 bits per heavy atom. The number of nitrogens with zero attached hydrogens (tertiary/aromatic N) is 2. The van der Waals surface area contributed by atoms with Gasteiger partial charge in [-0.3, -0.25) is 0 Å². The molecule has 1 aromatic carbocycles. The van der Waals surface area contributed by atoms with Crippen molar-refractivity contribution in [3.63, 3.8) is 0 Å². The largest absolute Gasteiger partial charge is 0.309 e. The van der Waals surface area contributed by atoms with Crippen LogP contribution in [-0.4, -0.2) is 16.7 Å². The van der Waals surface area contributed by atoms with Crippen molar-refractivity contribution < 1.29 is 0 Å². The molecule has 1 atom stereocenters. The SMILES string of the molecule is CNC(c1cccc2ccsc12)c1cnn2ccccc12. The fourth-order valence-electron chi connectivity index (χ4n) is 2.90. The zero-order chi connectivity index (χ0) is 14.2. The van der Waals surface area contributed by atoms with Gasteiger partial charge in [-0.15, -0.1) is 11.3 Å². The third-order valence-corrected chi connectivity index (χ3v) is 4.86. The molecule has 3 aromatic heterocycles. The summed E-state index contributed by atoms with van der Waals surface area (Å²) in [5.41, 5.74) is 3.66. The third-order valence-electron chi connectivity index (χ3n) is 3.88. The summed E-state index contributed by atoms with van der Waals surface area (Å²) < 4.78 is 3.26. The molecular formula is C17H15N3S. The lowest BCUT2D eigenvalue weighted by Crippen LogP contribution is -2.17. The minimum Gasteiger partial charge on any atom is -0.309 e. The van der Waals surface area contributed by atoms with Gasteiger partial charge in [0, 0.05) is 16.5 Å². The second kappa shape index (κ2) is 4.98. The first kappa shape index (κ1) is 12.6. The summed E-state index contributed by atoms with van der Waals surface area (Å²) in [5, 5.41) is 11.4. The number of hydrogen-bond acceptors (Lipinski definition) is 3. The van der Waals surface area contributed by atoms with E-state index >= 15 is 0 Å². The Kier molecular flexibility index (Phi) is 2.98. The third kappa shape index (κ3) is 1.95. The normalized spacial score (nSPS) is 13.0. The summed E-state index contributed by atoms with van der Waals surface area (Å²) in [6.07, 6.45) is 3.94. The average Bonchev–Trinajstić information content (AvgIpc) is 3.15. The van der Waals surface area contributed by atoms with Crippen molar-refractivity contribution in [2.45, 2.75) is 6.04 Å². The van der Waals surface area contributed by atoms with Crippen LogP contribution in [0, 0.1) is 0 Å². The van der Waals surface area contributed by atoms with E-state index in [-0.39, 0.29) is 6.04 Å². The van der Waals surface area contributed by atoms with E-state index in [2.05, 4.69) is 52.2 Å². The molecule has 0 saturated carbocycles. The molecule has 4 rings (SSSR count). The minimum atomic E-state index is 0.146. The maximum atomic E-state index is 4.46. The Morgan fingerprint density at radius 1 is 1.10 bits per heavy atom. The molecule has 0 spiro atoms. The molecule has 1 unspecified atom stereocenters. The van der Waals surface area contributed by atoms with Crippen molar-refractivity contribution in [2.24, 2.45) is 0 Å². The number of hydrogen-bond donors (Lipinski definition) is 1. The molecule has 21 heavy (non-hydrogen) atoms. The fourth-order valence-corrected chi connectivity index (χ4v) is 3.84. The molecule has 3 heterocycles. The number of nitrogens with one attached hydrogen (secondary N) is 1. The topological polar surface area (TPSA) is 29.3 Å². The molecule has 0 aliphatic heterocycles. The second-order valence-electron chi connectivity index (χ2n) is 5.04. The zero-order valence-corrected chi connectivity index (χ0v) is 12.5. The summed E-state index contributed by atoms with van der Waals surface area (Å²) in [6.45, 7) is 0. The number of thiophene rings is 1. The molecule has 4 heteroatoms. The van der Waals surface area contributed by atoms with E-state index in [0.29, 0.717) is 0 Å². The van der Waals surface area contributed by atoms with Gasteiger partial charge in [0.05, 0.1) is 17.8 Å². The fraction of sp³-hybridized carbons (Fsp3) is 0.118. The van der Waals surface area contributed by atoms with Crippen LogP contribution in [0.1, 0.15) is 17.2 Å². The van der Waals surface area contributed by atoms with Gasteiger partial charge in [0.25, 0.3) is 0 Å². The molecule has 0 saturated heterocycles. The highest BCUT2D eigenvalue weighted by molar-refractivity contribution is 7.17. The van der Waals surface area contributed by atoms with E-state index in [0.717, 1.165) is 5.52 Å². The molecule has 0 aliphatic carbocycles. The quantitative estimate of drug-likeness (QED) is 0.621. The lowest BCUT2D eigenvalue weighted by Gasteiger charge is -2.16. The molecule has 3 nitrogen and oxygen atoms in total. The number of aromatic nitrogens is 2. The highest BCUT2D eigenvalue weighted by Gasteiger charge is 2.19. The smallest absolute Gasteiger partial charge is 0.0712 e. The summed E-state index contributed by atoms with van der Waals surface area (Å²) in [4.78, 5) is 0. The van der Waals surface area contributed by atoms with E-state index in [4.69, 9.17) is 0 Å². The molecular weight excluding hydrogens is 278 g/mol. The van der Waals surface area contributed by atoms with Crippen molar-refractivity contribution in [2.75, 3.05) is 7.05 Å². The van der Waals surface area contributed by atoms with Crippen LogP contribution in [0.5, 0.6) is 0 Å². The van der Waals surface area contributed by atoms with Crippen LogP contribution < -0.4 is 5.32 Å². The van der Waals surface area contributed by atoms with Crippen LogP contribution in [0.25, 0.3) is 15.6 Å². The Hall–Kier alpha value is -2.17. The maximum Gasteiger partial charge on any atom is 0.0712 e. The first-order valence-electron chi connectivity index (χ1n) is 6.94. The van der Waals surface area contributed by atoms with E-state index in [9.17, 15) is 0 Å². The van der Waals surface area contributed by atoms with E-state index in [1.54, 1.807) is 11.3 Å². The summed E-state index contributed by atoms with van der Waals surface area (Å²) in [7, 11) is 2.00. The lowest BCUT2D eigenvalue weighted by atomic mass is 9.99. The second-order valence-corrected chi connectivity index (χ2v) is 5.95. The lowest BCUT2D eigenvalue weighted by molar-refractivity contribution is 0.702. The average molecular weight is 293 g/mol. The molecule has 0 aliphatic rings. The minimum absolute atomic E-state index is 0.146. The van der Waals surface area contributed by atoms with E-state index < -0.39 is 0 Å². The zero-order valence-electron chi connectivity index (χ0n) is 11.7. The van der Waals surface area contributed by atoms with E-state index in [1.165, 1.54) is 21.2 Å². The van der Waals surface area contributed by atoms with Gasteiger partial charge >= 0.3 is 0 Å². The monoisotopic (exact) mass is 293 g/mol. The van der Waals surface area contributed by atoms with Gasteiger partial charge in [0.1, 0.15) is 0 Å². The predicted molar refractivity (Wildman–Crippen MR) is 87.9 cm³/mol. The van der Waals surface area contributed by atoms with Gasteiger partial charge in [-0.05, 0) is 41.6 Å². The van der Waals surface area contributed by atoms with Gasteiger partial charge < -0.3 is 5.32 Å². The summed E-state index contributed by atoms with van der Waals surface area (Å²) in [5.74, 6) is 0. The molecule has 4 aromatic rings. The van der Waals surface area contributed by atoms with Crippen molar-refractivity contribution in [1.82, 2.24) is 14.9 Å². The van der Waals surface area contributed by atoms with Crippen LogP contribution in [0.3, 0.4) is 0 Å². The first-order chi connectivity index (χ1) is 10.4. The Balaban J connectivity index is 1.94. The Bertz CT molecular complexity index is 906. The van der Waals surface area contributed by atoms with Crippen molar-refractivity contribution >= 4 is 26.9 Å². The Labute approximate surface area is 126 Å². The van der Waals surface area contributed by atoms with Crippen molar-refractivity contribution in [3.8, 4) is 0 Å². The molecule has 0 radical (unpaired) electrons.